The van der Waals surface area contributed by atoms with Gasteiger partial charge in [0.1, 0.15) is 0 Å². The lowest BCUT2D eigenvalue weighted by atomic mass is 9.91. The summed E-state index contributed by atoms with van der Waals surface area (Å²) in [5.74, 6) is 5.25. The summed E-state index contributed by atoms with van der Waals surface area (Å²) in [6.07, 6.45) is 8.60. The molecule has 1 N–H and O–H groups in total. The van der Waals surface area contributed by atoms with Crippen molar-refractivity contribution < 1.29 is 0 Å². The smallest absolute Gasteiger partial charge is 0.0351 e. The Kier molecular flexibility index (Phi) is 2.42. The summed E-state index contributed by atoms with van der Waals surface area (Å²) in [6.45, 7) is 0. The molecule has 20 heavy (non-hydrogen) atoms. The molecule has 5 rings (SSSR count). The maximum atomic E-state index is 3.67. The van der Waals surface area contributed by atoms with Crippen LogP contribution in [0.5, 0.6) is 0 Å². The van der Waals surface area contributed by atoms with Crippen molar-refractivity contribution in [3.05, 3.63) is 34.9 Å². The largest absolute Gasteiger partial charge is 0.313 e. The van der Waals surface area contributed by atoms with E-state index < -0.39 is 0 Å². The SMILES string of the molecule is CNC(c1ccc2c(c1)CCC2)C1C2C3CCC(C3)C21. The molecule has 2 bridgehead atoms. The number of hydrogen-bond donors (Lipinski definition) is 1. The van der Waals surface area contributed by atoms with E-state index in [4.69, 9.17) is 0 Å². The highest BCUT2D eigenvalue weighted by molar-refractivity contribution is 5.38. The van der Waals surface area contributed by atoms with Crippen LogP contribution in [0.25, 0.3) is 0 Å². The summed E-state index contributed by atoms with van der Waals surface area (Å²) in [5.41, 5.74) is 4.82. The predicted molar refractivity (Wildman–Crippen MR) is 81.6 cm³/mol. The molecule has 5 atom stereocenters. The second-order valence-electron chi connectivity index (χ2n) is 7.71. The normalized spacial score (nSPS) is 41.5. The summed E-state index contributed by atoms with van der Waals surface area (Å²) in [6, 6.07) is 7.98. The van der Waals surface area contributed by atoms with Crippen LogP contribution in [0.3, 0.4) is 0 Å². The fourth-order valence-corrected chi connectivity index (χ4v) is 6.20. The summed E-state index contributed by atoms with van der Waals surface area (Å²) in [7, 11) is 2.17. The van der Waals surface area contributed by atoms with E-state index in [-0.39, 0.29) is 0 Å². The van der Waals surface area contributed by atoms with E-state index in [1.54, 1.807) is 23.1 Å². The Bertz CT molecular complexity index is 533. The molecule has 0 aliphatic heterocycles. The summed E-state index contributed by atoms with van der Waals surface area (Å²) in [5, 5.41) is 3.67. The minimum absolute atomic E-state index is 0.624. The highest BCUT2D eigenvalue weighted by Crippen LogP contribution is 2.72. The van der Waals surface area contributed by atoms with Gasteiger partial charge in [-0.25, -0.2) is 0 Å². The zero-order valence-electron chi connectivity index (χ0n) is 12.4. The molecule has 0 saturated heterocycles. The molecule has 3 saturated carbocycles. The molecule has 1 heteroatoms. The molecule has 4 aliphatic rings. The van der Waals surface area contributed by atoms with Crippen LogP contribution in [0.2, 0.25) is 0 Å². The number of nitrogens with one attached hydrogen (secondary N) is 1. The Balaban J connectivity index is 1.44. The van der Waals surface area contributed by atoms with Crippen LogP contribution in [-0.4, -0.2) is 7.05 Å². The maximum Gasteiger partial charge on any atom is 0.0351 e. The highest BCUT2D eigenvalue weighted by Gasteiger charge is 2.66. The first-order valence-corrected chi connectivity index (χ1v) is 8.66. The second-order valence-corrected chi connectivity index (χ2v) is 7.71. The number of rotatable bonds is 3. The predicted octanol–water partition coefficient (Wildman–Crippen LogP) is 3.73. The highest BCUT2D eigenvalue weighted by atomic mass is 14.9. The molecule has 106 valence electrons. The molecule has 0 aromatic heterocycles. The molecule has 1 aromatic rings. The molecule has 0 amide bonds. The molecular formula is C19H25N. The van der Waals surface area contributed by atoms with E-state index in [0.29, 0.717) is 6.04 Å². The molecule has 4 aliphatic carbocycles. The van der Waals surface area contributed by atoms with E-state index >= 15 is 0 Å². The zero-order valence-corrected chi connectivity index (χ0v) is 12.4. The van der Waals surface area contributed by atoms with Crippen molar-refractivity contribution in [2.45, 2.75) is 44.6 Å². The van der Waals surface area contributed by atoms with Gasteiger partial charge in [-0.2, -0.15) is 0 Å². The maximum absolute atomic E-state index is 3.67. The Hall–Kier alpha value is -0.820. The number of aryl methyl sites for hydroxylation is 2. The average Bonchev–Trinajstić information content (AvgIpc) is 2.89. The quantitative estimate of drug-likeness (QED) is 0.880. The Morgan fingerprint density at radius 3 is 2.55 bits per heavy atom. The van der Waals surface area contributed by atoms with Gasteiger partial charge in [-0.1, -0.05) is 18.2 Å². The van der Waals surface area contributed by atoms with Crippen LogP contribution >= 0.6 is 0 Å². The van der Waals surface area contributed by atoms with Gasteiger partial charge in [0.2, 0.25) is 0 Å². The van der Waals surface area contributed by atoms with Gasteiger partial charge in [0.05, 0.1) is 0 Å². The van der Waals surface area contributed by atoms with Crippen molar-refractivity contribution in [3.63, 3.8) is 0 Å². The molecule has 1 aromatic carbocycles. The topological polar surface area (TPSA) is 12.0 Å². The molecule has 0 heterocycles. The van der Waals surface area contributed by atoms with Crippen LogP contribution in [0.15, 0.2) is 18.2 Å². The standard InChI is InChI=1S/C19H25N/c1-20-19(15-8-5-11-3-2-4-12(11)9-15)18-16-13-6-7-14(10-13)17(16)18/h5,8-9,13-14,16-20H,2-4,6-7,10H2,1H3. The third-order valence-corrected chi connectivity index (χ3v) is 6.97. The Labute approximate surface area is 122 Å². The van der Waals surface area contributed by atoms with Crippen molar-refractivity contribution in [3.8, 4) is 0 Å². The van der Waals surface area contributed by atoms with E-state index in [9.17, 15) is 0 Å². The van der Waals surface area contributed by atoms with Gasteiger partial charge in [0.25, 0.3) is 0 Å². The first-order chi connectivity index (χ1) is 9.86. The first-order valence-electron chi connectivity index (χ1n) is 8.66. The third kappa shape index (κ3) is 1.48. The lowest BCUT2D eigenvalue weighted by molar-refractivity contribution is 0.385. The van der Waals surface area contributed by atoms with Gasteiger partial charge in [-0.05, 0) is 91.9 Å². The Morgan fingerprint density at radius 1 is 1.05 bits per heavy atom. The second kappa shape index (κ2) is 4.10. The van der Waals surface area contributed by atoms with Gasteiger partial charge >= 0.3 is 0 Å². The van der Waals surface area contributed by atoms with Crippen molar-refractivity contribution in [1.29, 1.82) is 0 Å². The fourth-order valence-electron chi connectivity index (χ4n) is 6.20. The van der Waals surface area contributed by atoms with Crippen molar-refractivity contribution in [2.75, 3.05) is 7.05 Å². The zero-order chi connectivity index (χ0) is 13.3. The van der Waals surface area contributed by atoms with E-state index in [2.05, 4.69) is 30.6 Å². The molecule has 3 fully saturated rings. The number of hydrogen-bond acceptors (Lipinski definition) is 1. The number of fused-ring (bicyclic) bond motifs is 6. The summed E-state index contributed by atoms with van der Waals surface area (Å²) >= 11 is 0. The Morgan fingerprint density at radius 2 is 1.80 bits per heavy atom. The van der Waals surface area contributed by atoms with E-state index in [0.717, 1.165) is 29.6 Å². The minimum atomic E-state index is 0.624. The lowest BCUT2D eigenvalue weighted by Gasteiger charge is -2.21. The minimum Gasteiger partial charge on any atom is -0.313 e. The van der Waals surface area contributed by atoms with Crippen LogP contribution in [0.4, 0.5) is 0 Å². The average molecular weight is 267 g/mol. The van der Waals surface area contributed by atoms with Crippen LogP contribution in [0.1, 0.15) is 48.4 Å². The fraction of sp³-hybridized carbons (Fsp3) is 0.684. The number of benzene rings is 1. The van der Waals surface area contributed by atoms with Gasteiger partial charge < -0.3 is 5.32 Å². The molecule has 1 nitrogen and oxygen atoms in total. The summed E-state index contributed by atoms with van der Waals surface area (Å²) < 4.78 is 0. The summed E-state index contributed by atoms with van der Waals surface area (Å²) in [4.78, 5) is 0. The van der Waals surface area contributed by atoms with Crippen molar-refractivity contribution in [1.82, 2.24) is 5.32 Å². The molecule has 0 spiro atoms. The lowest BCUT2D eigenvalue weighted by Crippen LogP contribution is -2.22. The van der Waals surface area contributed by atoms with Crippen LogP contribution in [-0.2, 0) is 12.8 Å². The van der Waals surface area contributed by atoms with Gasteiger partial charge in [0, 0.05) is 6.04 Å². The van der Waals surface area contributed by atoms with Crippen LogP contribution in [0, 0.1) is 29.6 Å². The van der Waals surface area contributed by atoms with Crippen molar-refractivity contribution >= 4 is 0 Å². The van der Waals surface area contributed by atoms with E-state index in [1.165, 1.54) is 32.1 Å². The van der Waals surface area contributed by atoms with E-state index in [1.807, 2.05) is 0 Å². The monoisotopic (exact) mass is 267 g/mol. The third-order valence-electron chi connectivity index (χ3n) is 6.97. The van der Waals surface area contributed by atoms with Gasteiger partial charge in [0.15, 0.2) is 0 Å². The first kappa shape index (κ1) is 11.8. The van der Waals surface area contributed by atoms with Gasteiger partial charge in [-0.3, -0.25) is 0 Å². The molecule has 5 unspecified atom stereocenters. The van der Waals surface area contributed by atoms with Crippen molar-refractivity contribution in [2.24, 2.45) is 29.6 Å². The molecular weight excluding hydrogens is 242 g/mol. The van der Waals surface area contributed by atoms with Crippen LogP contribution < -0.4 is 5.32 Å². The molecule has 0 radical (unpaired) electrons. The van der Waals surface area contributed by atoms with Gasteiger partial charge in [-0.15, -0.1) is 0 Å².